The number of benzene rings is 1. The molecule has 0 saturated carbocycles. The molecule has 1 aliphatic rings. The van der Waals surface area contributed by atoms with Crippen molar-refractivity contribution in [3.05, 3.63) is 54.2 Å². The molecule has 0 aliphatic carbocycles. The van der Waals surface area contributed by atoms with Crippen molar-refractivity contribution in [2.75, 3.05) is 20.2 Å². The lowest BCUT2D eigenvalue weighted by Crippen LogP contribution is -2.44. The minimum absolute atomic E-state index is 0.0729. The highest BCUT2D eigenvalue weighted by molar-refractivity contribution is 5.94. The number of ether oxygens (including phenoxy) is 1. The van der Waals surface area contributed by atoms with E-state index in [1.54, 1.807) is 31.6 Å². The molecule has 0 atom stereocenters. The van der Waals surface area contributed by atoms with Crippen molar-refractivity contribution in [1.29, 1.82) is 0 Å². The molecule has 7 nitrogen and oxygen atoms in total. The summed E-state index contributed by atoms with van der Waals surface area (Å²) < 4.78 is 11.0. The molecule has 3 aromatic rings. The summed E-state index contributed by atoms with van der Waals surface area (Å²) in [7, 11) is 1.63. The van der Waals surface area contributed by atoms with Crippen molar-refractivity contribution in [2.24, 2.45) is 0 Å². The summed E-state index contributed by atoms with van der Waals surface area (Å²) >= 11 is 0. The predicted octanol–water partition coefficient (Wildman–Crippen LogP) is 2.63. The van der Waals surface area contributed by atoms with Crippen LogP contribution in [0.25, 0.3) is 11.1 Å². The standard InChI is InChI=1S/C20H22N4O3/c1-26-16-2-3-18-17(12-16)23-19(27-18)13-22-15-6-10-24(11-7-15)20(25)14-4-8-21-9-5-14/h2-5,8-9,12,15,22H,6-7,10-11,13H2,1H3. The van der Waals surface area contributed by atoms with Crippen LogP contribution in [0.1, 0.15) is 29.1 Å². The summed E-state index contributed by atoms with van der Waals surface area (Å²) in [6, 6.07) is 9.46. The highest BCUT2D eigenvalue weighted by atomic mass is 16.5. The molecule has 2 aromatic heterocycles. The lowest BCUT2D eigenvalue weighted by Gasteiger charge is -2.32. The van der Waals surface area contributed by atoms with Crippen LogP contribution in [0.15, 0.2) is 47.1 Å². The number of nitrogens with one attached hydrogen (secondary N) is 1. The number of fused-ring (bicyclic) bond motifs is 1. The van der Waals surface area contributed by atoms with Gasteiger partial charge in [0.15, 0.2) is 5.58 Å². The third-order valence-corrected chi connectivity index (χ3v) is 4.89. The maximum atomic E-state index is 12.5. The topological polar surface area (TPSA) is 80.5 Å². The lowest BCUT2D eigenvalue weighted by atomic mass is 10.0. The number of likely N-dealkylation sites (tertiary alicyclic amines) is 1. The molecule has 1 aromatic carbocycles. The monoisotopic (exact) mass is 366 g/mol. The van der Waals surface area contributed by atoms with E-state index in [1.165, 1.54) is 0 Å². The molecule has 0 radical (unpaired) electrons. The van der Waals surface area contributed by atoms with Crippen LogP contribution in [-0.4, -0.2) is 47.0 Å². The number of hydrogen-bond donors (Lipinski definition) is 1. The Hall–Kier alpha value is -2.93. The first-order valence-electron chi connectivity index (χ1n) is 9.09. The summed E-state index contributed by atoms with van der Waals surface area (Å²) in [4.78, 5) is 22.9. The van der Waals surface area contributed by atoms with Gasteiger partial charge in [0, 0.05) is 43.2 Å². The maximum absolute atomic E-state index is 12.5. The molecular formula is C20H22N4O3. The van der Waals surface area contributed by atoms with Crippen molar-refractivity contribution in [2.45, 2.75) is 25.4 Å². The average Bonchev–Trinajstić information content (AvgIpc) is 3.14. The second-order valence-electron chi connectivity index (χ2n) is 6.62. The normalized spacial score (nSPS) is 15.2. The minimum atomic E-state index is 0.0729. The molecule has 1 saturated heterocycles. The summed E-state index contributed by atoms with van der Waals surface area (Å²) in [5.41, 5.74) is 2.24. The molecule has 1 fully saturated rings. The number of aromatic nitrogens is 2. The number of piperidine rings is 1. The van der Waals surface area contributed by atoms with Gasteiger partial charge in [-0.2, -0.15) is 0 Å². The van der Waals surface area contributed by atoms with Crippen molar-refractivity contribution < 1.29 is 13.9 Å². The van der Waals surface area contributed by atoms with E-state index in [0.717, 1.165) is 42.8 Å². The Morgan fingerprint density at radius 3 is 2.78 bits per heavy atom. The van der Waals surface area contributed by atoms with E-state index < -0.39 is 0 Å². The van der Waals surface area contributed by atoms with Gasteiger partial charge in [-0.1, -0.05) is 0 Å². The fourth-order valence-electron chi connectivity index (χ4n) is 3.35. The van der Waals surface area contributed by atoms with Crippen LogP contribution in [0.4, 0.5) is 0 Å². The Bertz CT molecular complexity index is 917. The van der Waals surface area contributed by atoms with Gasteiger partial charge in [0.25, 0.3) is 5.91 Å². The molecule has 4 rings (SSSR count). The van der Waals surface area contributed by atoms with Gasteiger partial charge in [0.05, 0.1) is 13.7 Å². The summed E-state index contributed by atoms with van der Waals surface area (Å²) in [5, 5.41) is 3.49. The minimum Gasteiger partial charge on any atom is -0.497 e. The number of hydrogen-bond acceptors (Lipinski definition) is 6. The number of oxazole rings is 1. The Morgan fingerprint density at radius 2 is 2.04 bits per heavy atom. The number of rotatable bonds is 5. The van der Waals surface area contributed by atoms with Crippen LogP contribution >= 0.6 is 0 Å². The molecule has 27 heavy (non-hydrogen) atoms. The molecular weight excluding hydrogens is 344 g/mol. The molecule has 1 N–H and O–H groups in total. The Morgan fingerprint density at radius 1 is 1.26 bits per heavy atom. The van der Waals surface area contributed by atoms with E-state index in [-0.39, 0.29) is 5.91 Å². The Kier molecular flexibility index (Phi) is 5.02. The maximum Gasteiger partial charge on any atom is 0.253 e. The fraction of sp³-hybridized carbons (Fsp3) is 0.350. The SMILES string of the molecule is COc1ccc2oc(CNC3CCN(C(=O)c4ccncc4)CC3)nc2c1. The number of amides is 1. The fourth-order valence-corrected chi connectivity index (χ4v) is 3.35. The van der Waals surface area contributed by atoms with E-state index in [1.807, 2.05) is 23.1 Å². The van der Waals surface area contributed by atoms with Crippen LogP contribution in [0, 0.1) is 0 Å². The van der Waals surface area contributed by atoms with E-state index >= 15 is 0 Å². The highest BCUT2D eigenvalue weighted by Crippen LogP contribution is 2.21. The van der Waals surface area contributed by atoms with E-state index in [4.69, 9.17) is 9.15 Å². The van der Waals surface area contributed by atoms with Gasteiger partial charge < -0.3 is 19.4 Å². The molecule has 140 valence electrons. The number of carbonyl (C=O) groups excluding carboxylic acids is 1. The zero-order chi connectivity index (χ0) is 18.6. The molecule has 1 aliphatic heterocycles. The summed E-state index contributed by atoms with van der Waals surface area (Å²) in [6.07, 6.45) is 5.12. The third-order valence-electron chi connectivity index (χ3n) is 4.89. The number of pyridine rings is 1. The average molecular weight is 366 g/mol. The second kappa shape index (κ2) is 7.75. The Labute approximate surface area is 157 Å². The first-order valence-corrected chi connectivity index (χ1v) is 9.09. The quantitative estimate of drug-likeness (QED) is 0.748. The van der Waals surface area contributed by atoms with Gasteiger partial charge in [-0.05, 0) is 37.1 Å². The number of methoxy groups -OCH3 is 1. The summed E-state index contributed by atoms with van der Waals surface area (Å²) in [5.74, 6) is 1.50. The first-order chi connectivity index (χ1) is 13.2. The zero-order valence-electron chi connectivity index (χ0n) is 15.2. The van der Waals surface area contributed by atoms with Gasteiger partial charge in [0.2, 0.25) is 5.89 Å². The van der Waals surface area contributed by atoms with Crippen molar-refractivity contribution in [3.8, 4) is 5.75 Å². The van der Waals surface area contributed by atoms with Crippen LogP contribution in [0.3, 0.4) is 0 Å². The van der Waals surface area contributed by atoms with Gasteiger partial charge in [-0.3, -0.25) is 9.78 Å². The van der Waals surface area contributed by atoms with Crippen molar-refractivity contribution >= 4 is 17.0 Å². The Balaban J connectivity index is 1.30. The van der Waals surface area contributed by atoms with Gasteiger partial charge in [-0.15, -0.1) is 0 Å². The van der Waals surface area contributed by atoms with Gasteiger partial charge in [-0.25, -0.2) is 4.98 Å². The molecule has 3 heterocycles. The largest absolute Gasteiger partial charge is 0.497 e. The predicted molar refractivity (Wildman–Crippen MR) is 101 cm³/mol. The summed E-state index contributed by atoms with van der Waals surface area (Å²) in [6.45, 7) is 2.05. The van der Waals surface area contributed by atoms with Crippen LogP contribution in [0.5, 0.6) is 5.75 Å². The smallest absolute Gasteiger partial charge is 0.253 e. The molecule has 7 heteroatoms. The van der Waals surface area contributed by atoms with Crippen LogP contribution in [-0.2, 0) is 6.54 Å². The van der Waals surface area contributed by atoms with E-state index in [0.29, 0.717) is 24.0 Å². The number of carbonyl (C=O) groups is 1. The molecule has 1 amide bonds. The van der Waals surface area contributed by atoms with E-state index in [2.05, 4.69) is 15.3 Å². The second-order valence-corrected chi connectivity index (χ2v) is 6.62. The lowest BCUT2D eigenvalue weighted by molar-refractivity contribution is 0.0704. The molecule has 0 bridgehead atoms. The molecule has 0 unspecified atom stereocenters. The molecule has 0 spiro atoms. The van der Waals surface area contributed by atoms with Crippen LogP contribution in [0.2, 0.25) is 0 Å². The van der Waals surface area contributed by atoms with Gasteiger partial charge in [0.1, 0.15) is 11.3 Å². The number of nitrogens with zero attached hydrogens (tertiary/aromatic N) is 3. The van der Waals surface area contributed by atoms with Gasteiger partial charge >= 0.3 is 0 Å². The third kappa shape index (κ3) is 3.93. The first kappa shape index (κ1) is 17.5. The van der Waals surface area contributed by atoms with Crippen LogP contribution < -0.4 is 10.1 Å². The van der Waals surface area contributed by atoms with Crippen molar-refractivity contribution in [1.82, 2.24) is 20.2 Å². The van der Waals surface area contributed by atoms with E-state index in [9.17, 15) is 4.79 Å². The van der Waals surface area contributed by atoms with Crippen molar-refractivity contribution in [3.63, 3.8) is 0 Å². The zero-order valence-corrected chi connectivity index (χ0v) is 15.2. The highest BCUT2D eigenvalue weighted by Gasteiger charge is 2.23.